The molecule has 0 aliphatic carbocycles. The molecule has 0 bridgehead atoms. The van der Waals surface area contributed by atoms with Gasteiger partial charge in [-0.15, -0.1) is 0 Å². The number of ether oxygens (including phenoxy) is 1. The first-order chi connectivity index (χ1) is 9.56. The van der Waals surface area contributed by atoms with Crippen molar-refractivity contribution in [3.63, 3.8) is 0 Å². The molecule has 6 heteroatoms. The quantitative estimate of drug-likeness (QED) is 0.467. The number of hydrogen-bond donors (Lipinski definition) is 0. The van der Waals surface area contributed by atoms with Gasteiger partial charge in [0.15, 0.2) is 0 Å². The van der Waals surface area contributed by atoms with E-state index in [1.807, 2.05) is 30.3 Å². The minimum Gasteiger partial charge on any atom is -0.464 e. The van der Waals surface area contributed by atoms with Gasteiger partial charge in [-0.1, -0.05) is 30.3 Å². The number of carbonyl (C=O) groups is 3. The van der Waals surface area contributed by atoms with Gasteiger partial charge < -0.3 is 9.64 Å². The topological polar surface area (TPSA) is 66.9 Å². The molecule has 1 unspecified atom stereocenters. The van der Waals surface area contributed by atoms with Crippen molar-refractivity contribution in [3.8, 4) is 0 Å². The van der Waals surface area contributed by atoms with E-state index in [2.05, 4.69) is 0 Å². The number of imide groups is 1. The average molecular weight is 276 g/mol. The minimum atomic E-state index is -1.17. The Morgan fingerprint density at radius 1 is 1.25 bits per heavy atom. The molecule has 1 saturated heterocycles. The fraction of sp³-hybridized carbons (Fsp3) is 0.357. The van der Waals surface area contributed by atoms with E-state index in [0.29, 0.717) is 0 Å². The highest BCUT2D eigenvalue weighted by Gasteiger charge is 2.47. The Kier molecular flexibility index (Phi) is 4.02. The summed E-state index contributed by atoms with van der Waals surface area (Å²) in [5, 5.41) is 0. The van der Waals surface area contributed by atoms with Crippen molar-refractivity contribution in [2.75, 3.05) is 13.7 Å². The summed E-state index contributed by atoms with van der Waals surface area (Å²) in [6, 6.07) is 7.48. The van der Waals surface area contributed by atoms with Gasteiger partial charge >= 0.3 is 12.0 Å². The Morgan fingerprint density at radius 2 is 1.90 bits per heavy atom. The van der Waals surface area contributed by atoms with Crippen molar-refractivity contribution in [2.24, 2.45) is 0 Å². The summed E-state index contributed by atoms with van der Waals surface area (Å²) in [6.07, 6.45) is 0. The second kappa shape index (κ2) is 5.73. The minimum absolute atomic E-state index is 0.152. The Bertz CT molecular complexity index is 529. The standard InChI is InChI=1S/C14H16N2O4/c1-3-20-13(18)11-12(17)16(14(19)15(11)2)9-10-7-5-4-6-8-10/h4-8,11H,3,9H2,1-2H3. The lowest BCUT2D eigenvalue weighted by molar-refractivity contribution is -0.151. The van der Waals surface area contributed by atoms with Gasteiger partial charge in [-0.25, -0.2) is 9.59 Å². The van der Waals surface area contributed by atoms with Crippen LogP contribution in [-0.2, 0) is 20.9 Å². The van der Waals surface area contributed by atoms with Crippen LogP contribution in [0.3, 0.4) is 0 Å². The molecular weight excluding hydrogens is 260 g/mol. The van der Waals surface area contributed by atoms with Crippen molar-refractivity contribution >= 4 is 17.9 Å². The van der Waals surface area contributed by atoms with Crippen LogP contribution in [0.25, 0.3) is 0 Å². The van der Waals surface area contributed by atoms with Crippen molar-refractivity contribution in [3.05, 3.63) is 35.9 Å². The molecule has 106 valence electrons. The summed E-state index contributed by atoms with van der Waals surface area (Å²) >= 11 is 0. The van der Waals surface area contributed by atoms with Crippen LogP contribution in [0.15, 0.2) is 30.3 Å². The zero-order valence-corrected chi connectivity index (χ0v) is 11.4. The van der Waals surface area contributed by atoms with Crippen molar-refractivity contribution in [2.45, 2.75) is 19.5 Å². The number of urea groups is 1. The zero-order chi connectivity index (χ0) is 14.7. The Labute approximate surface area is 116 Å². The first-order valence-electron chi connectivity index (χ1n) is 6.35. The number of rotatable bonds is 4. The molecule has 1 heterocycles. The van der Waals surface area contributed by atoms with Crippen LogP contribution in [0.4, 0.5) is 4.79 Å². The van der Waals surface area contributed by atoms with E-state index in [0.717, 1.165) is 15.4 Å². The van der Waals surface area contributed by atoms with Gasteiger partial charge in [0.1, 0.15) is 0 Å². The van der Waals surface area contributed by atoms with Crippen LogP contribution in [0.2, 0.25) is 0 Å². The fourth-order valence-corrected chi connectivity index (χ4v) is 2.10. The summed E-state index contributed by atoms with van der Waals surface area (Å²) < 4.78 is 4.83. The molecule has 1 aromatic carbocycles. The molecule has 0 aromatic heterocycles. The molecule has 1 atom stereocenters. The van der Waals surface area contributed by atoms with Crippen LogP contribution in [-0.4, -0.2) is 47.4 Å². The largest absolute Gasteiger partial charge is 0.464 e. The summed E-state index contributed by atoms with van der Waals surface area (Å²) in [5.41, 5.74) is 0.826. The van der Waals surface area contributed by atoms with Crippen molar-refractivity contribution in [1.29, 1.82) is 0 Å². The molecule has 1 aromatic rings. The van der Waals surface area contributed by atoms with Crippen LogP contribution < -0.4 is 0 Å². The number of carbonyl (C=O) groups excluding carboxylic acids is 3. The lowest BCUT2D eigenvalue weighted by atomic mass is 10.2. The number of hydrogen-bond acceptors (Lipinski definition) is 4. The normalized spacial score (nSPS) is 18.6. The van der Waals surface area contributed by atoms with Crippen molar-refractivity contribution in [1.82, 2.24) is 9.80 Å². The van der Waals surface area contributed by atoms with Gasteiger partial charge in [-0.2, -0.15) is 0 Å². The van der Waals surface area contributed by atoms with Gasteiger partial charge in [0.25, 0.3) is 5.91 Å². The Balaban J connectivity index is 2.17. The van der Waals surface area contributed by atoms with Gasteiger partial charge in [0.05, 0.1) is 13.2 Å². The van der Waals surface area contributed by atoms with E-state index in [9.17, 15) is 14.4 Å². The molecule has 1 aliphatic rings. The molecule has 1 aliphatic heterocycles. The third-order valence-electron chi connectivity index (χ3n) is 3.11. The second-order valence-electron chi connectivity index (χ2n) is 4.46. The zero-order valence-electron chi connectivity index (χ0n) is 11.4. The molecule has 0 spiro atoms. The molecule has 0 saturated carbocycles. The summed E-state index contributed by atoms with van der Waals surface area (Å²) in [7, 11) is 1.42. The monoisotopic (exact) mass is 276 g/mol. The summed E-state index contributed by atoms with van der Waals surface area (Å²) in [4.78, 5) is 38.2. The predicted molar refractivity (Wildman–Crippen MR) is 70.6 cm³/mol. The number of nitrogens with zero attached hydrogens (tertiary/aromatic N) is 2. The number of amides is 3. The van der Waals surface area contributed by atoms with Crippen LogP contribution >= 0.6 is 0 Å². The van der Waals surface area contributed by atoms with Gasteiger partial charge in [0.2, 0.25) is 6.04 Å². The predicted octanol–water partition coefficient (Wildman–Crippen LogP) is 1.01. The fourth-order valence-electron chi connectivity index (χ4n) is 2.10. The van der Waals surface area contributed by atoms with Gasteiger partial charge in [-0.3, -0.25) is 9.69 Å². The van der Waals surface area contributed by atoms with E-state index in [1.165, 1.54) is 7.05 Å². The lowest BCUT2D eigenvalue weighted by Crippen LogP contribution is -2.40. The first-order valence-corrected chi connectivity index (χ1v) is 6.35. The molecular formula is C14H16N2O4. The maximum absolute atomic E-state index is 12.2. The van der Waals surface area contributed by atoms with Gasteiger partial charge in [-0.05, 0) is 12.5 Å². The van der Waals surface area contributed by atoms with E-state index >= 15 is 0 Å². The maximum atomic E-state index is 12.2. The molecule has 0 N–H and O–H groups in total. The van der Waals surface area contributed by atoms with Crippen LogP contribution in [0.1, 0.15) is 12.5 Å². The first kappa shape index (κ1) is 14.0. The van der Waals surface area contributed by atoms with Gasteiger partial charge in [0, 0.05) is 7.05 Å². The van der Waals surface area contributed by atoms with E-state index in [1.54, 1.807) is 6.92 Å². The molecule has 6 nitrogen and oxygen atoms in total. The highest BCUT2D eigenvalue weighted by molar-refractivity contribution is 6.14. The highest BCUT2D eigenvalue weighted by Crippen LogP contribution is 2.19. The molecule has 1 fully saturated rings. The van der Waals surface area contributed by atoms with Crippen LogP contribution in [0, 0.1) is 0 Å². The maximum Gasteiger partial charge on any atom is 0.338 e. The number of esters is 1. The molecule has 0 radical (unpaired) electrons. The number of likely N-dealkylation sites (N-methyl/N-ethyl adjacent to an activating group) is 1. The number of benzene rings is 1. The molecule has 20 heavy (non-hydrogen) atoms. The van der Waals surface area contributed by atoms with Crippen LogP contribution in [0.5, 0.6) is 0 Å². The van der Waals surface area contributed by atoms with E-state index in [4.69, 9.17) is 4.74 Å². The smallest absolute Gasteiger partial charge is 0.338 e. The second-order valence-corrected chi connectivity index (χ2v) is 4.46. The van der Waals surface area contributed by atoms with Crippen molar-refractivity contribution < 1.29 is 19.1 Å². The van der Waals surface area contributed by atoms with E-state index in [-0.39, 0.29) is 13.2 Å². The highest BCUT2D eigenvalue weighted by atomic mass is 16.5. The Hall–Kier alpha value is -2.37. The third kappa shape index (κ3) is 2.49. The van der Waals surface area contributed by atoms with E-state index < -0.39 is 23.9 Å². The summed E-state index contributed by atoms with van der Waals surface area (Å²) in [6.45, 7) is 1.98. The molecule has 2 rings (SSSR count). The SMILES string of the molecule is CCOC(=O)C1C(=O)N(Cc2ccccc2)C(=O)N1C. The lowest BCUT2D eigenvalue weighted by Gasteiger charge is -2.14. The molecule has 3 amide bonds. The Morgan fingerprint density at radius 3 is 2.50 bits per heavy atom. The summed E-state index contributed by atoms with van der Waals surface area (Å²) in [5.74, 6) is -1.23. The third-order valence-corrected chi connectivity index (χ3v) is 3.11. The average Bonchev–Trinajstić information content (AvgIpc) is 2.64.